The summed E-state index contributed by atoms with van der Waals surface area (Å²) in [4.78, 5) is 51.2. The van der Waals surface area contributed by atoms with Crippen molar-refractivity contribution in [2.45, 2.75) is 25.4 Å². The van der Waals surface area contributed by atoms with Crippen LogP contribution in [0.25, 0.3) is 0 Å². The Hall–Kier alpha value is -4.26. The van der Waals surface area contributed by atoms with E-state index in [9.17, 15) is 19.2 Å². The highest BCUT2D eigenvalue weighted by Gasteiger charge is 2.34. The molecule has 0 aromatic heterocycles. The molecule has 1 fully saturated rings. The van der Waals surface area contributed by atoms with Crippen LogP contribution >= 0.6 is 0 Å². The fourth-order valence-electron chi connectivity index (χ4n) is 3.76. The fourth-order valence-corrected chi connectivity index (χ4v) is 3.76. The lowest BCUT2D eigenvalue weighted by atomic mass is 10.1. The number of amides is 4. The van der Waals surface area contributed by atoms with Crippen LogP contribution in [-0.2, 0) is 6.54 Å². The summed E-state index contributed by atoms with van der Waals surface area (Å²) in [6, 6.07) is 20.6. The number of carbonyl (C=O) groups excluding carboxylic acids is 4. The zero-order valence-corrected chi connectivity index (χ0v) is 17.7. The van der Waals surface area contributed by atoms with Crippen molar-refractivity contribution in [2.24, 2.45) is 0 Å². The van der Waals surface area contributed by atoms with Gasteiger partial charge in [0, 0.05) is 22.9 Å². The van der Waals surface area contributed by atoms with Crippen molar-refractivity contribution in [2.75, 3.05) is 5.32 Å². The van der Waals surface area contributed by atoms with Crippen LogP contribution in [0.15, 0.2) is 72.8 Å². The number of nitrogens with one attached hydrogen (secondary N) is 2. The van der Waals surface area contributed by atoms with E-state index in [0.29, 0.717) is 27.9 Å². The van der Waals surface area contributed by atoms with Gasteiger partial charge in [-0.15, -0.1) is 0 Å². The van der Waals surface area contributed by atoms with E-state index in [4.69, 9.17) is 0 Å². The highest BCUT2D eigenvalue weighted by molar-refractivity contribution is 6.21. The number of nitrogens with zero attached hydrogens (tertiary/aromatic N) is 1. The van der Waals surface area contributed by atoms with Crippen molar-refractivity contribution in [1.82, 2.24) is 10.2 Å². The van der Waals surface area contributed by atoms with Crippen molar-refractivity contribution in [1.29, 1.82) is 0 Å². The van der Waals surface area contributed by atoms with E-state index in [2.05, 4.69) is 10.6 Å². The second-order valence-electron chi connectivity index (χ2n) is 8.22. The summed E-state index contributed by atoms with van der Waals surface area (Å²) in [5.41, 5.74) is 3.00. The van der Waals surface area contributed by atoms with Crippen LogP contribution in [0.4, 0.5) is 5.69 Å². The van der Waals surface area contributed by atoms with Gasteiger partial charge in [-0.05, 0) is 60.9 Å². The number of carbonyl (C=O) groups is 4. The standard InChI is InChI=1S/C26H21N3O4/c30-23(28-20-5-3-4-18(14-20)24(31)27-19-12-13-19)17-10-8-16(9-11-17)15-29-25(32)21-6-1-2-7-22(21)26(29)33/h1-11,14,19H,12-13,15H2,(H,27,31)(H,28,30). The first-order valence-corrected chi connectivity index (χ1v) is 10.8. The van der Waals surface area contributed by atoms with Gasteiger partial charge in [-0.3, -0.25) is 24.1 Å². The zero-order valence-electron chi connectivity index (χ0n) is 17.7. The van der Waals surface area contributed by atoms with E-state index >= 15 is 0 Å². The predicted octanol–water partition coefficient (Wildman–Crippen LogP) is 3.63. The Bertz CT molecular complexity index is 1240. The normalized spacial score (nSPS) is 14.7. The molecule has 1 heterocycles. The van der Waals surface area contributed by atoms with Crippen LogP contribution in [0, 0.1) is 0 Å². The Balaban J connectivity index is 1.24. The Kier molecular flexibility index (Phi) is 5.22. The van der Waals surface area contributed by atoms with Gasteiger partial charge < -0.3 is 10.6 Å². The van der Waals surface area contributed by atoms with Crippen LogP contribution in [0.1, 0.15) is 59.8 Å². The topological polar surface area (TPSA) is 95.6 Å². The molecule has 4 amide bonds. The van der Waals surface area contributed by atoms with E-state index in [0.717, 1.165) is 18.4 Å². The molecule has 0 bridgehead atoms. The average molecular weight is 439 g/mol. The lowest BCUT2D eigenvalue weighted by molar-refractivity contribution is 0.0641. The molecule has 5 rings (SSSR count). The number of benzene rings is 3. The molecule has 3 aromatic rings. The molecule has 2 N–H and O–H groups in total. The molecule has 0 spiro atoms. The van der Waals surface area contributed by atoms with Gasteiger partial charge in [-0.1, -0.05) is 30.3 Å². The third kappa shape index (κ3) is 4.25. The van der Waals surface area contributed by atoms with Gasteiger partial charge in [0.15, 0.2) is 0 Å². The summed E-state index contributed by atoms with van der Waals surface area (Å²) < 4.78 is 0. The lowest BCUT2D eigenvalue weighted by Crippen LogP contribution is -2.29. The number of fused-ring (bicyclic) bond motifs is 1. The van der Waals surface area contributed by atoms with Crippen molar-refractivity contribution in [3.8, 4) is 0 Å². The number of rotatable bonds is 6. The Morgan fingerprint density at radius 1 is 0.788 bits per heavy atom. The Labute approximate surface area is 190 Å². The second-order valence-corrected chi connectivity index (χ2v) is 8.22. The van der Waals surface area contributed by atoms with Gasteiger partial charge in [-0.2, -0.15) is 0 Å². The van der Waals surface area contributed by atoms with Gasteiger partial charge in [0.1, 0.15) is 0 Å². The van der Waals surface area contributed by atoms with Crippen LogP contribution in [0.5, 0.6) is 0 Å². The molecular formula is C26H21N3O4. The highest BCUT2D eigenvalue weighted by Crippen LogP contribution is 2.24. The third-order valence-electron chi connectivity index (χ3n) is 5.73. The van der Waals surface area contributed by atoms with Gasteiger partial charge in [0.05, 0.1) is 17.7 Å². The quantitative estimate of drug-likeness (QED) is 0.574. The van der Waals surface area contributed by atoms with Gasteiger partial charge >= 0.3 is 0 Å². The number of hydrogen-bond donors (Lipinski definition) is 2. The molecule has 2 aliphatic rings. The maximum atomic E-state index is 12.7. The molecule has 7 nitrogen and oxygen atoms in total. The molecule has 0 saturated heterocycles. The maximum Gasteiger partial charge on any atom is 0.261 e. The van der Waals surface area contributed by atoms with E-state index in [-0.39, 0.29) is 36.2 Å². The van der Waals surface area contributed by atoms with Crippen molar-refractivity contribution in [3.05, 3.63) is 101 Å². The highest BCUT2D eigenvalue weighted by atomic mass is 16.2. The smallest absolute Gasteiger partial charge is 0.261 e. The fraction of sp³-hybridized carbons (Fsp3) is 0.154. The van der Waals surface area contributed by atoms with Gasteiger partial charge in [0.2, 0.25) is 0 Å². The average Bonchev–Trinajstić information content (AvgIpc) is 3.62. The molecule has 1 saturated carbocycles. The van der Waals surface area contributed by atoms with Crippen LogP contribution in [0.3, 0.4) is 0 Å². The predicted molar refractivity (Wildman–Crippen MR) is 122 cm³/mol. The summed E-state index contributed by atoms with van der Waals surface area (Å²) >= 11 is 0. The SMILES string of the molecule is O=C(Nc1cccc(C(=O)NC2CC2)c1)c1ccc(CN2C(=O)c3ccccc3C2=O)cc1. The lowest BCUT2D eigenvalue weighted by Gasteiger charge is -2.14. The molecule has 7 heteroatoms. The van der Waals surface area contributed by atoms with E-state index < -0.39 is 0 Å². The molecule has 1 aliphatic heterocycles. The second kappa shape index (κ2) is 8.35. The molecular weight excluding hydrogens is 418 g/mol. The molecule has 0 radical (unpaired) electrons. The Morgan fingerprint density at radius 2 is 1.45 bits per heavy atom. The molecule has 1 aliphatic carbocycles. The van der Waals surface area contributed by atoms with Crippen LogP contribution < -0.4 is 10.6 Å². The van der Waals surface area contributed by atoms with Crippen molar-refractivity contribution in [3.63, 3.8) is 0 Å². The first-order chi connectivity index (χ1) is 16.0. The van der Waals surface area contributed by atoms with Crippen LogP contribution in [0.2, 0.25) is 0 Å². The minimum atomic E-state index is -0.318. The van der Waals surface area contributed by atoms with Crippen molar-refractivity contribution >= 4 is 29.3 Å². The minimum Gasteiger partial charge on any atom is -0.349 e. The number of imide groups is 1. The number of hydrogen-bond acceptors (Lipinski definition) is 4. The minimum absolute atomic E-state index is 0.131. The molecule has 33 heavy (non-hydrogen) atoms. The summed E-state index contributed by atoms with van der Waals surface area (Å²) in [5, 5.41) is 5.73. The Morgan fingerprint density at radius 3 is 2.09 bits per heavy atom. The monoisotopic (exact) mass is 439 g/mol. The van der Waals surface area contributed by atoms with E-state index in [1.807, 2.05) is 0 Å². The summed E-state index contributed by atoms with van der Waals surface area (Å²) in [7, 11) is 0. The number of anilines is 1. The first-order valence-electron chi connectivity index (χ1n) is 10.8. The first kappa shape index (κ1) is 20.6. The van der Waals surface area contributed by atoms with Gasteiger partial charge in [0.25, 0.3) is 23.6 Å². The van der Waals surface area contributed by atoms with E-state index in [1.165, 1.54) is 4.90 Å². The molecule has 0 atom stereocenters. The largest absolute Gasteiger partial charge is 0.349 e. The van der Waals surface area contributed by atoms with Gasteiger partial charge in [-0.25, -0.2) is 0 Å². The summed E-state index contributed by atoms with van der Waals surface area (Å²) in [6.45, 7) is 0.131. The molecule has 164 valence electrons. The summed E-state index contributed by atoms with van der Waals surface area (Å²) in [6.07, 6.45) is 2.01. The maximum absolute atomic E-state index is 12.7. The molecule has 0 unspecified atom stereocenters. The summed E-state index contributed by atoms with van der Waals surface area (Å²) in [5.74, 6) is -1.10. The molecule has 3 aromatic carbocycles. The third-order valence-corrected chi connectivity index (χ3v) is 5.73. The zero-order chi connectivity index (χ0) is 22.9. The van der Waals surface area contributed by atoms with E-state index in [1.54, 1.807) is 72.8 Å². The van der Waals surface area contributed by atoms with Crippen molar-refractivity contribution < 1.29 is 19.2 Å². The van der Waals surface area contributed by atoms with Crippen LogP contribution in [-0.4, -0.2) is 34.6 Å².